The summed E-state index contributed by atoms with van der Waals surface area (Å²) in [6.07, 6.45) is 4.40. The van der Waals surface area contributed by atoms with Crippen molar-refractivity contribution in [3.05, 3.63) is 64.4 Å². The van der Waals surface area contributed by atoms with Crippen LogP contribution in [0.4, 0.5) is 11.6 Å². The number of benzene rings is 1. The first-order chi connectivity index (χ1) is 15.9. The van der Waals surface area contributed by atoms with Gasteiger partial charge in [0.05, 0.1) is 37.1 Å². The minimum Gasteiger partial charge on any atom is -0.495 e. The molecule has 2 aliphatic carbocycles. The van der Waals surface area contributed by atoms with Crippen LogP contribution >= 0.6 is 0 Å². The van der Waals surface area contributed by atoms with Crippen LogP contribution in [0, 0.1) is 33.8 Å². The number of nitrogens with one attached hydrogen (secondary N) is 1. The van der Waals surface area contributed by atoms with Gasteiger partial charge in [0, 0.05) is 0 Å². The van der Waals surface area contributed by atoms with Gasteiger partial charge in [0.25, 0.3) is 0 Å². The highest BCUT2D eigenvalue weighted by atomic mass is 16.6. The van der Waals surface area contributed by atoms with Crippen molar-refractivity contribution in [2.24, 2.45) is 23.7 Å². The standard InChI is InChI=1S/C23H21N3O7/c1-32-16-5-3-2-4-14(16)24-18(27)11-15(17-8-9-19(33-17)26(30)31)25-22(28)20-12-6-7-13(10-12)21(20)23(25)29/h2-9,12-13,15,20-21H,10-11H2,1H3,(H,24,27). The third kappa shape index (κ3) is 3.38. The molecule has 1 aromatic carbocycles. The molecule has 1 N–H and O–H groups in total. The van der Waals surface area contributed by atoms with Crippen LogP contribution in [-0.4, -0.2) is 34.7 Å². The Morgan fingerprint density at radius 2 is 1.85 bits per heavy atom. The van der Waals surface area contributed by atoms with E-state index in [0.717, 1.165) is 17.4 Å². The Kier molecular flexibility index (Phi) is 4.99. The summed E-state index contributed by atoms with van der Waals surface area (Å²) in [5.41, 5.74) is 0.423. The number of para-hydroxylation sites is 2. The number of methoxy groups -OCH3 is 1. The first kappa shape index (κ1) is 20.9. The molecule has 2 aromatic rings. The number of fused-ring (bicyclic) bond motifs is 5. The van der Waals surface area contributed by atoms with E-state index < -0.39 is 34.6 Å². The van der Waals surface area contributed by atoms with E-state index in [0.29, 0.717) is 11.4 Å². The maximum Gasteiger partial charge on any atom is 0.433 e. The zero-order chi connectivity index (χ0) is 23.3. The zero-order valence-corrected chi connectivity index (χ0v) is 17.7. The highest BCUT2D eigenvalue weighted by Gasteiger charge is 2.61. The van der Waals surface area contributed by atoms with E-state index in [2.05, 4.69) is 5.32 Å². The minimum atomic E-state index is -1.10. The number of rotatable bonds is 7. The number of carbonyl (C=O) groups excluding carboxylic acids is 3. The van der Waals surface area contributed by atoms with E-state index in [1.54, 1.807) is 24.3 Å². The van der Waals surface area contributed by atoms with Gasteiger partial charge in [-0.2, -0.15) is 0 Å². The van der Waals surface area contributed by atoms with Gasteiger partial charge in [-0.05, 0) is 36.5 Å². The Labute approximate surface area is 188 Å². The Morgan fingerprint density at radius 3 is 2.45 bits per heavy atom. The van der Waals surface area contributed by atoms with Crippen molar-refractivity contribution in [2.45, 2.75) is 18.9 Å². The number of anilines is 1. The van der Waals surface area contributed by atoms with Crippen molar-refractivity contribution in [3.8, 4) is 5.75 Å². The van der Waals surface area contributed by atoms with Gasteiger partial charge in [0.15, 0.2) is 0 Å². The lowest BCUT2D eigenvalue weighted by Gasteiger charge is -2.26. The van der Waals surface area contributed by atoms with E-state index >= 15 is 0 Å². The molecule has 3 amide bonds. The molecule has 33 heavy (non-hydrogen) atoms. The predicted octanol–water partition coefficient (Wildman–Crippen LogP) is 3.07. The Bertz CT molecular complexity index is 1160. The molecule has 5 atom stereocenters. The Morgan fingerprint density at radius 1 is 1.18 bits per heavy atom. The van der Waals surface area contributed by atoms with Crippen LogP contribution in [0.5, 0.6) is 5.75 Å². The molecular weight excluding hydrogens is 430 g/mol. The normalized spacial score (nSPS) is 25.9. The third-order valence-corrected chi connectivity index (χ3v) is 6.70. The molecule has 5 unspecified atom stereocenters. The molecular formula is C23H21N3O7. The molecule has 2 fully saturated rings. The number of likely N-dealkylation sites (tertiary alicyclic amines) is 1. The molecule has 3 aliphatic rings. The number of amides is 3. The van der Waals surface area contributed by atoms with E-state index in [4.69, 9.17) is 9.15 Å². The number of imide groups is 1. The van der Waals surface area contributed by atoms with E-state index in [1.807, 2.05) is 12.2 Å². The summed E-state index contributed by atoms with van der Waals surface area (Å²) in [6.45, 7) is 0. The molecule has 1 saturated carbocycles. The van der Waals surface area contributed by atoms with E-state index in [1.165, 1.54) is 13.2 Å². The van der Waals surface area contributed by atoms with Crippen LogP contribution < -0.4 is 10.1 Å². The van der Waals surface area contributed by atoms with Crippen molar-refractivity contribution < 1.29 is 28.5 Å². The van der Waals surface area contributed by atoms with Crippen LogP contribution in [0.1, 0.15) is 24.6 Å². The number of nitro groups is 1. The fourth-order valence-electron chi connectivity index (χ4n) is 5.30. The summed E-state index contributed by atoms with van der Waals surface area (Å²) in [5.74, 6) is -2.23. The van der Waals surface area contributed by atoms with E-state index in [-0.39, 0.29) is 35.8 Å². The zero-order valence-electron chi connectivity index (χ0n) is 17.7. The maximum atomic E-state index is 13.3. The van der Waals surface area contributed by atoms with Gasteiger partial charge < -0.3 is 14.5 Å². The number of furan rings is 1. The molecule has 10 heteroatoms. The second-order valence-corrected chi connectivity index (χ2v) is 8.45. The number of hydrogen-bond acceptors (Lipinski definition) is 7. The average Bonchev–Trinajstić information content (AvgIpc) is 3.57. The number of carbonyl (C=O) groups is 3. The fraction of sp³-hybridized carbons (Fsp3) is 0.348. The quantitative estimate of drug-likeness (QED) is 0.296. The molecule has 0 spiro atoms. The third-order valence-electron chi connectivity index (χ3n) is 6.70. The largest absolute Gasteiger partial charge is 0.495 e. The van der Waals surface area contributed by atoms with Crippen LogP contribution in [0.2, 0.25) is 0 Å². The number of hydrogen-bond donors (Lipinski definition) is 1. The van der Waals surface area contributed by atoms with Crippen molar-refractivity contribution in [1.29, 1.82) is 0 Å². The van der Waals surface area contributed by atoms with Crippen LogP contribution in [0.3, 0.4) is 0 Å². The molecule has 0 radical (unpaired) electrons. The highest BCUT2D eigenvalue weighted by Crippen LogP contribution is 2.54. The van der Waals surface area contributed by atoms with Crippen LogP contribution in [0.25, 0.3) is 0 Å². The SMILES string of the molecule is COc1ccccc1NC(=O)CC(c1ccc([N+](=O)[O-])o1)N1C(=O)C2C3C=CC(C3)C2C1=O. The second kappa shape index (κ2) is 7.88. The molecule has 170 valence electrons. The number of ether oxygens (including phenoxy) is 1. The summed E-state index contributed by atoms with van der Waals surface area (Å²) in [7, 11) is 1.47. The Balaban J connectivity index is 1.45. The number of nitrogens with zero attached hydrogens (tertiary/aromatic N) is 2. The molecule has 1 aliphatic heterocycles. The topological polar surface area (TPSA) is 132 Å². The van der Waals surface area contributed by atoms with Gasteiger partial charge in [0.1, 0.15) is 22.5 Å². The van der Waals surface area contributed by atoms with E-state index in [9.17, 15) is 24.5 Å². The van der Waals surface area contributed by atoms with Gasteiger partial charge in [0.2, 0.25) is 17.7 Å². The van der Waals surface area contributed by atoms with Crippen molar-refractivity contribution in [1.82, 2.24) is 4.90 Å². The minimum absolute atomic E-state index is 0.00422. The Hall–Kier alpha value is -3.95. The lowest BCUT2D eigenvalue weighted by atomic mass is 9.85. The predicted molar refractivity (Wildman–Crippen MR) is 114 cm³/mol. The first-order valence-corrected chi connectivity index (χ1v) is 10.6. The van der Waals surface area contributed by atoms with Crippen molar-refractivity contribution >= 4 is 29.3 Å². The van der Waals surface area contributed by atoms with Gasteiger partial charge in [-0.3, -0.25) is 29.4 Å². The van der Waals surface area contributed by atoms with Crippen molar-refractivity contribution in [3.63, 3.8) is 0 Å². The highest BCUT2D eigenvalue weighted by molar-refractivity contribution is 6.07. The first-order valence-electron chi connectivity index (χ1n) is 10.6. The lowest BCUT2D eigenvalue weighted by Crippen LogP contribution is -2.38. The summed E-state index contributed by atoms with van der Waals surface area (Å²) >= 11 is 0. The van der Waals surface area contributed by atoms with Gasteiger partial charge in [-0.1, -0.05) is 24.3 Å². The molecule has 10 nitrogen and oxygen atoms in total. The summed E-state index contributed by atoms with van der Waals surface area (Å²) in [5, 5.41) is 13.9. The average molecular weight is 451 g/mol. The summed E-state index contributed by atoms with van der Waals surface area (Å²) in [4.78, 5) is 51.1. The molecule has 1 saturated heterocycles. The maximum absolute atomic E-state index is 13.3. The van der Waals surface area contributed by atoms with Gasteiger partial charge in [-0.15, -0.1) is 0 Å². The monoisotopic (exact) mass is 451 g/mol. The molecule has 2 heterocycles. The number of allylic oxidation sites excluding steroid dienone is 2. The van der Waals surface area contributed by atoms with Crippen LogP contribution in [-0.2, 0) is 14.4 Å². The molecule has 1 aromatic heterocycles. The van der Waals surface area contributed by atoms with Gasteiger partial charge >= 0.3 is 5.88 Å². The molecule has 5 rings (SSSR count). The summed E-state index contributed by atoms with van der Waals surface area (Å²) in [6, 6.07) is 8.20. The smallest absolute Gasteiger partial charge is 0.433 e. The fourth-order valence-corrected chi connectivity index (χ4v) is 5.30. The van der Waals surface area contributed by atoms with Crippen molar-refractivity contribution in [2.75, 3.05) is 12.4 Å². The lowest BCUT2D eigenvalue weighted by molar-refractivity contribution is -0.402. The summed E-state index contributed by atoms with van der Waals surface area (Å²) < 4.78 is 10.6. The van der Waals surface area contributed by atoms with Gasteiger partial charge in [-0.25, -0.2) is 0 Å². The van der Waals surface area contributed by atoms with Crippen LogP contribution in [0.15, 0.2) is 53.0 Å². The second-order valence-electron chi connectivity index (χ2n) is 8.45. The molecule has 2 bridgehead atoms.